The highest BCUT2D eigenvalue weighted by Crippen LogP contribution is 2.22. The Labute approximate surface area is 191 Å². The van der Waals surface area contributed by atoms with E-state index in [0.29, 0.717) is 5.96 Å². The van der Waals surface area contributed by atoms with Crippen LogP contribution in [0.2, 0.25) is 0 Å². The maximum Gasteiger partial charge on any atom is 0.193 e. The van der Waals surface area contributed by atoms with Gasteiger partial charge < -0.3 is 20.7 Å². The molecule has 158 valence electrons. The van der Waals surface area contributed by atoms with Gasteiger partial charge in [0.1, 0.15) is 5.75 Å². The molecule has 2 aromatic carbocycles. The Morgan fingerprint density at radius 2 is 1.69 bits per heavy atom. The van der Waals surface area contributed by atoms with E-state index in [0.717, 1.165) is 63.5 Å². The van der Waals surface area contributed by atoms with E-state index in [1.165, 1.54) is 5.69 Å². The third kappa shape index (κ3) is 7.40. The number of rotatable bonds is 8. The molecule has 1 saturated heterocycles. The number of methoxy groups -OCH3 is 1. The lowest BCUT2D eigenvalue weighted by Gasteiger charge is -2.36. The van der Waals surface area contributed by atoms with E-state index in [1.54, 1.807) is 7.11 Å². The van der Waals surface area contributed by atoms with Gasteiger partial charge in [0.15, 0.2) is 5.96 Å². The fraction of sp³-hybridized carbons (Fsp3) is 0.409. The summed E-state index contributed by atoms with van der Waals surface area (Å²) in [6.45, 7) is 6.29. The number of aliphatic imine (C=N–C) groups is 1. The number of anilines is 2. The summed E-state index contributed by atoms with van der Waals surface area (Å²) in [5.74, 6) is 1.19. The molecule has 0 aliphatic carbocycles. The van der Waals surface area contributed by atoms with E-state index in [-0.39, 0.29) is 24.0 Å². The average Bonchev–Trinajstić information content (AvgIpc) is 2.75. The molecule has 3 rings (SSSR count). The molecule has 0 spiro atoms. The van der Waals surface area contributed by atoms with Crippen molar-refractivity contribution in [3.63, 3.8) is 0 Å². The molecule has 1 fully saturated rings. The molecule has 0 radical (unpaired) electrons. The topological polar surface area (TPSA) is 66.1 Å². The van der Waals surface area contributed by atoms with Crippen molar-refractivity contribution in [1.82, 2.24) is 4.90 Å². The average molecular weight is 509 g/mol. The van der Waals surface area contributed by atoms with Crippen LogP contribution in [0, 0.1) is 0 Å². The van der Waals surface area contributed by atoms with E-state index in [1.807, 2.05) is 24.3 Å². The molecule has 0 aromatic heterocycles. The number of halogens is 1. The number of benzene rings is 2. The molecule has 0 bridgehead atoms. The van der Waals surface area contributed by atoms with E-state index < -0.39 is 0 Å². The zero-order chi connectivity index (χ0) is 19.6. The Morgan fingerprint density at radius 3 is 2.41 bits per heavy atom. The van der Waals surface area contributed by atoms with E-state index in [2.05, 4.69) is 50.4 Å². The number of para-hydroxylation sites is 3. The van der Waals surface area contributed by atoms with Crippen LogP contribution in [0.25, 0.3) is 0 Å². The molecule has 1 aliphatic heterocycles. The Hall–Kier alpha value is -2.00. The third-order valence-corrected chi connectivity index (χ3v) is 5.03. The summed E-state index contributed by atoms with van der Waals surface area (Å²) < 4.78 is 5.31. The first-order valence-electron chi connectivity index (χ1n) is 9.98. The van der Waals surface area contributed by atoms with E-state index in [4.69, 9.17) is 10.5 Å². The van der Waals surface area contributed by atoms with Crippen LogP contribution in [0.4, 0.5) is 11.4 Å². The summed E-state index contributed by atoms with van der Waals surface area (Å²) in [5.41, 5.74) is 8.16. The molecule has 0 saturated carbocycles. The molecular formula is C22H32IN5O. The molecule has 2 aromatic rings. The largest absolute Gasteiger partial charge is 0.495 e. The van der Waals surface area contributed by atoms with Crippen molar-refractivity contribution in [2.75, 3.05) is 56.6 Å². The molecular weight excluding hydrogens is 477 g/mol. The SMILES string of the molecule is COc1ccccc1NC(N)=NCCCCN1CCN(c2ccccc2)CC1.I. The van der Waals surface area contributed by atoms with Gasteiger partial charge in [0.25, 0.3) is 0 Å². The molecule has 1 aliphatic rings. The highest BCUT2D eigenvalue weighted by Gasteiger charge is 2.16. The second-order valence-electron chi connectivity index (χ2n) is 6.96. The third-order valence-electron chi connectivity index (χ3n) is 5.03. The number of nitrogens with two attached hydrogens (primary N) is 1. The molecule has 6 nitrogen and oxygen atoms in total. The number of guanidine groups is 1. The maximum absolute atomic E-state index is 5.99. The summed E-state index contributed by atoms with van der Waals surface area (Å²) in [7, 11) is 1.65. The fourth-order valence-electron chi connectivity index (χ4n) is 3.44. The number of hydrogen-bond acceptors (Lipinski definition) is 4. The van der Waals surface area contributed by atoms with Crippen LogP contribution in [-0.4, -0.2) is 57.2 Å². The normalized spacial score (nSPS) is 14.9. The highest BCUT2D eigenvalue weighted by atomic mass is 127. The van der Waals surface area contributed by atoms with E-state index >= 15 is 0 Å². The van der Waals surface area contributed by atoms with Crippen molar-refractivity contribution in [3.05, 3.63) is 54.6 Å². The minimum Gasteiger partial charge on any atom is -0.495 e. The first-order valence-corrected chi connectivity index (χ1v) is 9.98. The minimum absolute atomic E-state index is 0. The number of nitrogens with zero attached hydrogens (tertiary/aromatic N) is 3. The summed E-state index contributed by atoms with van der Waals surface area (Å²) >= 11 is 0. The van der Waals surface area contributed by atoms with Gasteiger partial charge in [0.2, 0.25) is 0 Å². The maximum atomic E-state index is 5.99. The van der Waals surface area contributed by atoms with Gasteiger partial charge in [0.05, 0.1) is 12.8 Å². The monoisotopic (exact) mass is 509 g/mol. The summed E-state index contributed by atoms with van der Waals surface area (Å²) in [6, 6.07) is 18.4. The van der Waals surface area contributed by atoms with Crippen LogP contribution in [0.15, 0.2) is 59.6 Å². The van der Waals surface area contributed by atoms with Gasteiger partial charge in [-0.1, -0.05) is 30.3 Å². The Bertz CT molecular complexity index is 748. The lowest BCUT2D eigenvalue weighted by Crippen LogP contribution is -2.46. The van der Waals surface area contributed by atoms with Crippen LogP contribution in [-0.2, 0) is 0 Å². The van der Waals surface area contributed by atoms with Crippen LogP contribution >= 0.6 is 24.0 Å². The second kappa shape index (κ2) is 12.5. The number of ether oxygens (including phenoxy) is 1. The van der Waals surface area contributed by atoms with Gasteiger partial charge in [-0.15, -0.1) is 24.0 Å². The standard InChI is InChI=1S/C22H31N5O.HI/c1-28-21-12-6-5-11-20(21)25-22(23)24-13-7-8-14-26-15-17-27(18-16-26)19-9-3-2-4-10-19;/h2-6,9-12H,7-8,13-18H2,1H3,(H3,23,24,25);1H. The first kappa shape index (κ1) is 23.3. The van der Waals surface area contributed by atoms with Crippen molar-refractivity contribution >= 4 is 41.3 Å². The van der Waals surface area contributed by atoms with Crippen LogP contribution in [0.3, 0.4) is 0 Å². The van der Waals surface area contributed by atoms with Gasteiger partial charge in [-0.05, 0) is 43.7 Å². The zero-order valence-electron chi connectivity index (χ0n) is 17.1. The highest BCUT2D eigenvalue weighted by molar-refractivity contribution is 14.0. The van der Waals surface area contributed by atoms with Crippen LogP contribution in [0.5, 0.6) is 5.75 Å². The van der Waals surface area contributed by atoms with Gasteiger partial charge in [-0.25, -0.2) is 0 Å². The fourth-order valence-corrected chi connectivity index (χ4v) is 3.44. The molecule has 7 heteroatoms. The Balaban J connectivity index is 0.00000300. The van der Waals surface area contributed by atoms with Crippen molar-refractivity contribution in [2.24, 2.45) is 10.7 Å². The second-order valence-corrected chi connectivity index (χ2v) is 6.96. The van der Waals surface area contributed by atoms with E-state index in [9.17, 15) is 0 Å². The van der Waals surface area contributed by atoms with Crippen molar-refractivity contribution in [3.8, 4) is 5.75 Å². The molecule has 0 atom stereocenters. The van der Waals surface area contributed by atoms with Gasteiger partial charge in [-0.2, -0.15) is 0 Å². The van der Waals surface area contributed by atoms with Gasteiger partial charge >= 0.3 is 0 Å². The lowest BCUT2D eigenvalue weighted by atomic mass is 10.2. The summed E-state index contributed by atoms with van der Waals surface area (Å²) in [4.78, 5) is 9.43. The predicted molar refractivity (Wildman–Crippen MR) is 133 cm³/mol. The van der Waals surface area contributed by atoms with Crippen LogP contribution in [0.1, 0.15) is 12.8 Å². The lowest BCUT2D eigenvalue weighted by molar-refractivity contribution is 0.253. The van der Waals surface area contributed by atoms with Crippen LogP contribution < -0.4 is 20.7 Å². The molecule has 0 amide bonds. The predicted octanol–water partition coefficient (Wildman–Crippen LogP) is 3.64. The minimum atomic E-state index is 0. The van der Waals surface area contributed by atoms with Gasteiger partial charge in [-0.3, -0.25) is 9.89 Å². The quantitative estimate of drug-likeness (QED) is 0.246. The Morgan fingerprint density at radius 1 is 1.00 bits per heavy atom. The van der Waals surface area contributed by atoms with Crippen molar-refractivity contribution in [2.45, 2.75) is 12.8 Å². The van der Waals surface area contributed by atoms with Crippen molar-refractivity contribution in [1.29, 1.82) is 0 Å². The summed E-state index contributed by atoms with van der Waals surface area (Å²) in [5, 5.41) is 3.11. The molecule has 0 unspecified atom stereocenters. The smallest absolute Gasteiger partial charge is 0.193 e. The van der Waals surface area contributed by atoms with Crippen molar-refractivity contribution < 1.29 is 4.74 Å². The molecule has 3 N–H and O–H groups in total. The molecule has 29 heavy (non-hydrogen) atoms. The number of hydrogen-bond donors (Lipinski definition) is 2. The first-order chi connectivity index (χ1) is 13.8. The molecule has 1 heterocycles. The summed E-state index contributed by atoms with van der Waals surface area (Å²) in [6.07, 6.45) is 2.17. The van der Waals surface area contributed by atoms with Gasteiger partial charge in [0, 0.05) is 38.4 Å². The number of unbranched alkanes of at least 4 members (excludes halogenated alkanes) is 1. The number of nitrogens with one attached hydrogen (secondary N) is 1. The zero-order valence-corrected chi connectivity index (χ0v) is 19.4. The Kier molecular flexibility index (Phi) is 10.1. The number of piperazine rings is 1.